The predicted octanol–water partition coefficient (Wildman–Crippen LogP) is 0.750. The van der Waals surface area contributed by atoms with Gasteiger partial charge < -0.3 is 16.0 Å². The van der Waals surface area contributed by atoms with Gasteiger partial charge in [0.05, 0.1) is 10.2 Å². The molecule has 27 heavy (non-hydrogen) atoms. The Bertz CT molecular complexity index is 997. The average molecular weight is 440 g/mol. The van der Waals surface area contributed by atoms with Gasteiger partial charge in [-0.2, -0.15) is 0 Å². The summed E-state index contributed by atoms with van der Waals surface area (Å²) in [5.41, 5.74) is 0.573. The van der Waals surface area contributed by atoms with Crippen molar-refractivity contribution in [3.05, 3.63) is 39.0 Å². The standard InChI is InChI=1S/C15H15BrFN7O3/c16-10-5-9(1-2-11(10)17)24-14(23-26-15(24)25)12-13(22-27-21-12)20-4-3-19-8-6-18-7-8/h1-2,5,8,18-19H,3-4,6-7H2,(H,20,22). The molecule has 0 spiro atoms. The Morgan fingerprint density at radius 2 is 2.15 bits per heavy atom. The molecule has 0 amide bonds. The van der Waals surface area contributed by atoms with Gasteiger partial charge in [-0.05, 0) is 44.4 Å². The van der Waals surface area contributed by atoms with E-state index >= 15 is 0 Å². The molecule has 0 unspecified atom stereocenters. The third-order valence-corrected chi connectivity index (χ3v) is 4.71. The Kier molecular flexibility index (Phi) is 5.01. The lowest BCUT2D eigenvalue weighted by atomic mass is 10.2. The smallest absolute Gasteiger partial charge is 0.364 e. The summed E-state index contributed by atoms with van der Waals surface area (Å²) in [6.07, 6.45) is 0. The van der Waals surface area contributed by atoms with Crippen LogP contribution in [0.2, 0.25) is 0 Å². The molecule has 12 heteroatoms. The van der Waals surface area contributed by atoms with Gasteiger partial charge in [0, 0.05) is 32.2 Å². The predicted molar refractivity (Wildman–Crippen MR) is 96.2 cm³/mol. The largest absolute Gasteiger partial charge is 0.446 e. The van der Waals surface area contributed by atoms with Crippen LogP contribution in [0.3, 0.4) is 0 Å². The molecule has 0 bridgehead atoms. The molecule has 1 fully saturated rings. The zero-order valence-electron chi connectivity index (χ0n) is 13.9. The average Bonchev–Trinajstić information content (AvgIpc) is 3.22. The number of hydrogen-bond acceptors (Lipinski definition) is 9. The Morgan fingerprint density at radius 1 is 1.30 bits per heavy atom. The highest BCUT2D eigenvalue weighted by Gasteiger charge is 2.23. The number of nitrogens with one attached hydrogen (secondary N) is 3. The number of benzene rings is 1. The summed E-state index contributed by atoms with van der Waals surface area (Å²) in [6, 6.07) is 4.57. The van der Waals surface area contributed by atoms with Crippen LogP contribution in [0.15, 0.2) is 36.6 Å². The topological polar surface area (TPSA) is 123 Å². The van der Waals surface area contributed by atoms with E-state index in [0.29, 0.717) is 24.1 Å². The number of aromatic nitrogens is 4. The molecule has 0 radical (unpaired) electrons. The minimum atomic E-state index is -0.739. The van der Waals surface area contributed by atoms with Crippen molar-refractivity contribution in [1.29, 1.82) is 0 Å². The van der Waals surface area contributed by atoms with Crippen molar-refractivity contribution in [3.8, 4) is 17.2 Å². The van der Waals surface area contributed by atoms with Gasteiger partial charge >= 0.3 is 5.76 Å². The van der Waals surface area contributed by atoms with Crippen LogP contribution in [0.1, 0.15) is 0 Å². The van der Waals surface area contributed by atoms with E-state index in [1.165, 1.54) is 18.2 Å². The third-order valence-electron chi connectivity index (χ3n) is 4.10. The van der Waals surface area contributed by atoms with Gasteiger partial charge in [-0.15, -0.1) is 0 Å². The molecule has 3 aromatic rings. The number of rotatable bonds is 7. The molecule has 3 N–H and O–H groups in total. The molecule has 0 saturated carbocycles. The SMILES string of the molecule is O=c1onc(-c2nonc2NCCNC2CNC2)n1-c1ccc(F)c(Br)c1. The number of anilines is 1. The van der Waals surface area contributed by atoms with Crippen molar-refractivity contribution in [1.82, 2.24) is 30.7 Å². The van der Waals surface area contributed by atoms with Crippen LogP contribution in [0.4, 0.5) is 10.2 Å². The number of halogens is 2. The van der Waals surface area contributed by atoms with Gasteiger partial charge in [0.15, 0.2) is 5.69 Å². The van der Waals surface area contributed by atoms with Gasteiger partial charge in [-0.1, -0.05) is 5.16 Å². The first-order chi connectivity index (χ1) is 13.1. The molecular weight excluding hydrogens is 425 g/mol. The normalized spacial score (nSPS) is 14.3. The van der Waals surface area contributed by atoms with Crippen molar-refractivity contribution >= 4 is 21.7 Å². The van der Waals surface area contributed by atoms with Gasteiger partial charge in [0.25, 0.3) is 0 Å². The molecule has 2 aromatic heterocycles. The molecule has 10 nitrogen and oxygen atoms in total. The summed E-state index contributed by atoms with van der Waals surface area (Å²) < 4.78 is 24.4. The van der Waals surface area contributed by atoms with Gasteiger partial charge in [-0.25, -0.2) is 18.4 Å². The molecule has 1 aromatic carbocycles. The summed E-state index contributed by atoms with van der Waals surface area (Å²) in [7, 11) is 0. The maximum Gasteiger partial charge on any atom is 0.446 e. The van der Waals surface area contributed by atoms with E-state index in [9.17, 15) is 9.18 Å². The lowest BCUT2D eigenvalue weighted by Gasteiger charge is -2.28. The number of nitrogens with zero attached hydrogens (tertiary/aromatic N) is 4. The summed E-state index contributed by atoms with van der Waals surface area (Å²) in [6.45, 7) is 3.20. The van der Waals surface area contributed by atoms with Crippen LogP contribution >= 0.6 is 15.9 Å². The van der Waals surface area contributed by atoms with E-state index in [2.05, 4.69) is 47.4 Å². The fourth-order valence-electron chi connectivity index (χ4n) is 2.59. The fraction of sp³-hybridized carbons (Fsp3) is 0.333. The van der Waals surface area contributed by atoms with Crippen molar-refractivity contribution in [2.24, 2.45) is 0 Å². The molecule has 3 heterocycles. The first-order valence-corrected chi connectivity index (χ1v) is 8.98. The number of hydrogen-bond donors (Lipinski definition) is 3. The third kappa shape index (κ3) is 3.63. The van der Waals surface area contributed by atoms with Crippen LogP contribution in [-0.2, 0) is 0 Å². The summed E-state index contributed by atoms with van der Waals surface area (Å²) in [4.78, 5) is 12.1. The molecule has 142 valence electrons. The van der Waals surface area contributed by atoms with E-state index in [0.717, 1.165) is 24.2 Å². The van der Waals surface area contributed by atoms with Gasteiger partial charge in [-0.3, -0.25) is 4.52 Å². The second-order valence-corrected chi connectivity index (χ2v) is 6.76. The minimum Gasteiger partial charge on any atom is -0.364 e. The molecule has 0 aliphatic carbocycles. The van der Waals surface area contributed by atoms with Crippen LogP contribution in [0.25, 0.3) is 17.2 Å². The van der Waals surface area contributed by atoms with E-state index in [4.69, 9.17) is 9.15 Å². The lowest BCUT2D eigenvalue weighted by Crippen LogP contribution is -2.56. The molecule has 0 atom stereocenters. The van der Waals surface area contributed by atoms with Gasteiger partial charge in [0.1, 0.15) is 5.82 Å². The highest BCUT2D eigenvalue weighted by molar-refractivity contribution is 9.10. The Balaban J connectivity index is 1.56. The lowest BCUT2D eigenvalue weighted by molar-refractivity contribution is 0.309. The van der Waals surface area contributed by atoms with Crippen molar-refractivity contribution in [3.63, 3.8) is 0 Å². The minimum absolute atomic E-state index is 0.0958. The Labute approximate surface area is 160 Å². The highest BCUT2D eigenvalue weighted by atomic mass is 79.9. The van der Waals surface area contributed by atoms with E-state index in [1.54, 1.807) is 0 Å². The maximum atomic E-state index is 13.5. The Morgan fingerprint density at radius 3 is 2.89 bits per heavy atom. The first-order valence-electron chi connectivity index (χ1n) is 8.18. The second kappa shape index (κ2) is 7.58. The first kappa shape index (κ1) is 17.8. The van der Waals surface area contributed by atoms with Gasteiger partial charge in [0.2, 0.25) is 11.6 Å². The molecule has 1 saturated heterocycles. The van der Waals surface area contributed by atoms with Crippen LogP contribution in [0, 0.1) is 5.82 Å². The highest BCUT2D eigenvalue weighted by Crippen LogP contribution is 2.25. The van der Waals surface area contributed by atoms with Crippen LogP contribution in [-0.4, -0.2) is 52.3 Å². The molecule has 4 rings (SSSR count). The zero-order chi connectivity index (χ0) is 18.8. The van der Waals surface area contributed by atoms with Crippen molar-refractivity contribution in [2.75, 3.05) is 31.5 Å². The Hall–Kier alpha value is -2.57. The fourth-order valence-corrected chi connectivity index (χ4v) is 2.96. The molecule has 1 aliphatic heterocycles. The quantitative estimate of drug-likeness (QED) is 0.457. The van der Waals surface area contributed by atoms with E-state index in [-0.39, 0.29) is 16.0 Å². The monoisotopic (exact) mass is 439 g/mol. The van der Waals surface area contributed by atoms with Crippen LogP contribution < -0.4 is 21.7 Å². The van der Waals surface area contributed by atoms with Crippen LogP contribution in [0.5, 0.6) is 0 Å². The van der Waals surface area contributed by atoms with Crippen molar-refractivity contribution < 1.29 is 13.5 Å². The second-order valence-electron chi connectivity index (χ2n) is 5.90. The maximum absolute atomic E-state index is 13.5. The van der Waals surface area contributed by atoms with E-state index < -0.39 is 11.6 Å². The molecular formula is C15H15BrFN7O3. The van der Waals surface area contributed by atoms with E-state index in [1.807, 2.05) is 0 Å². The zero-order valence-corrected chi connectivity index (χ0v) is 15.5. The summed E-state index contributed by atoms with van der Waals surface area (Å²) in [5.74, 6) is -0.772. The van der Waals surface area contributed by atoms with Crippen molar-refractivity contribution in [2.45, 2.75) is 6.04 Å². The summed E-state index contributed by atoms with van der Waals surface area (Å²) in [5, 5.41) is 21.0. The molecule has 1 aliphatic rings. The summed E-state index contributed by atoms with van der Waals surface area (Å²) >= 11 is 3.10.